The number of ether oxygens (including phenoxy) is 1. The number of methoxy groups -OCH3 is 1. The molecule has 0 rings (SSSR count). The van der Waals surface area contributed by atoms with Gasteiger partial charge in [0.1, 0.15) is 31.4 Å². The van der Waals surface area contributed by atoms with Crippen LogP contribution in [0, 0.1) is 0 Å². The summed E-state index contributed by atoms with van der Waals surface area (Å²) in [5.41, 5.74) is 0. The molecular weight excluding hydrogens is 1230 g/mol. The fraction of sp³-hybridized carbons (Fsp3) is 0.612. The number of amides is 7. The molecule has 0 saturated carbocycles. The molecule has 7 amide bonds. The summed E-state index contributed by atoms with van der Waals surface area (Å²) in [6, 6.07) is -9.20. The van der Waals surface area contributed by atoms with Crippen molar-refractivity contribution < 1.29 is 118 Å². The molecule has 0 fully saturated rings. The van der Waals surface area contributed by atoms with Crippen molar-refractivity contribution >= 4 is 103 Å². The van der Waals surface area contributed by atoms with Crippen LogP contribution in [0.25, 0.3) is 0 Å². The minimum Gasteiger partial charge on any atom is -0.481 e. The number of halogens is 1. The summed E-state index contributed by atoms with van der Waals surface area (Å²) in [7, 11) is 0.931. The van der Waals surface area contributed by atoms with Gasteiger partial charge in [-0.2, -0.15) is 0 Å². The third kappa shape index (κ3) is 29.7. The standard InChI is InChI=1S/C49H78IN14O20/c1-10-17-64(48(82)40(53-28(5)20-67)62-45(79)38(56-31(23-70)12-15-34(73)74)58-33(72)14-11-25(2)50-8)42(55-30(7)22-69)47(81)61-37(52-27(4)19-66)44(78)59-36(51-26(3)18-65)43(77)60-39(57-32(24-71)13-16-35(75)76)46(80)63-41(49(83)84-9)54-29(6)21-68/h10,18-32,36-42,51-57H,1,11-17H2,2-9H3,(H,58,72)(H,59,78)(H,60,77)(H,61,81)(H,62,79)(H,63,80)(H,73,74)(H,75,76)/q-1/t25?,26-,27-,28-,29-,30-,31+,32+,36-,37+,38-,39+,40+,41-,42-/m0/s1. The maximum atomic E-state index is 14.8. The first-order valence-electron chi connectivity index (χ1n) is 25.8. The smallest absolute Gasteiger partial charge is 0.481 e. The van der Waals surface area contributed by atoms with Crippen LogP contribution in [0.4, 0.5) is 0 Å². The molecular formula is C49H78IN14O20-. The number of hydrogen-bond acceptors (Lipinski definition) is 25. The van der Waals surface area contributed by atoms with E-state index in [1.165, 1.54) is 34.6 Å². The van der Waals surface area contributed by atoms with Gasteiger partial charge in [0.15, 0.2) is 24.7 Å². The van der Waals surface area contributed by atoms with E-state index in [0.717, 1.165) is 13.2 Å². The van der Waals surface area contributed by atoms with Crippen LogP contribution in [0.2, 0.25) is 0 Å². The van der Waals surface area contributed by atoms with E-state index in [1.807, 2.05) is 11.9 Å². The molecule has 0 aromatic carbocycles. The predicted molar refractivity (Wildman–Crippen MR) is 287 cm³/mol. The Bertz CT molecular complexity index is 2300. The molecule has 35 heteroatoms. The number of aldehydes is 7. The van der Waals surface area contributed by atoms with Crippen LogP contribution in [-0.4, -0.2) is 226 Å². The Kier molecular flexibility index (Phi) is 37.9. The first-order valence-corrected chi connectivity index (χ1v) is 29.2. The Labute approximate surface area is 493 Å². The van der Waals surface area contributed by atoms with Gasteiger partial charge in [0, 0.05) is 6.42 Å². The Hall–Kier alpha value is -7.42. The summed E-state index contributed by atoms with van der Waals surface area (Å²) in [5, 5.41) is 49.4. The molecule has 0 radical (unpaired) electrons. The van der Waals surface area contributed by atoms with Gasteiger partial charge in [-0.05, 0) is 34.1 Å². The number of alkyl halides is 2. The van der Waals surface area contributed by atoms with Crippen molar-refractivity contribution in [3.05, 3.63) is 12.7 Å². The normalized spacial score (nSPS) is 16.4. The van der Waals surface area contributed by atoms with Gasteiger partial charge in [-0.3, -0.25) is 50.6 Å². The molecule has 0 bridgehead atoms. The molecule has 84 heavy (non-hydrogen) atoms. The first-order chi connectivity index (χ1) is 39.6. The quantitative estimate of drug-likeness (QED) is 0.00672. The van der Waals surface area contributed by atoms with Gasteiger partial charge in [-0.25, -0.2) is 4.79 Å². The number of esters is 1. The number of nitrogens with zero attached hydrogens (tertiary/aromatic N) is 1. The molecule has 0 spiro atoms. The van der Waals surface area contributed by atoms with E-state index in [9.17, 15) is 91.7 Å². The number of carboxylic acid groups (broad SMARTS) is 2. The molecule has 0 aromatic rings. The molecule has 0 aromatic heterocycles. The van der Waals surface area contributed by atoms with E-state index < -0.39 is 171 Å². The molecule has 0 aliphatic carbocycles. The third-order valence-electron chi connectivity index (χ3n) is 11.4. The molecule has 0 saturated heterocycles. The summed E-state index contributed by atoms with van der Waals surface area (Å²) in [5.74, 6) is -12.5. The molecule has 0 heterocycles. The van der Waals surface area contributed by atoms with E-state index in [1.54, 1.807) is 0 Å². The number of carbonyl (C=O) groups excluding carboxylic acids is 15. The zero-order chi connectivity index (χ0) is 64.2. The van der Waals surface area contributed by atoms with Crippen LogP contribution in [0.1, 0.15) is 80.1 Å². The summed E-state index contributed by atoms with van der Waals surface area (Å²) < 4.78 is 4.85. The molecule has 15 N–H and O–H groups in total. The van der Waals surface area contributed by atoms with Crippen molar-refractivity contribution in [2.45, 2.75) is 169 Å². The van der Waals surface area contributed by atoms with Crippen LogP contribution in [0.3, 0.4) is 0 Å². The van der Waals surface area contributed by atoms with Gasteiger partial charge in [0.2, 0.25) is 0 Å². The molecule has 34 nitrogen and oxygen atoms in total. The number of hydrogen-bond donors (Lipinski definition) is 15. The van der Waals surface area contributed by atoms with Crippen LogP contribution >= 0.6 is 0 Å². The van der Waals surface area contributed by atoms with E-state index in [2.05, 4.69) is 80.4 Å². The molecule has 1 unspecified atom stereocenters. The van der Waals surface area contributed by atoms with Crippen LogP contribution < -0.4 is 90.3 Å². The third-order valence-corrected chi connectivity index (χ3v) is 14.1. The van der Waals surface area contributed by atoms with E-state index >= 15 is 0 Å². The fourth-order valence-electron chi connectivity index (χ4n) is 6.79. The zero-order valence-corrected chi connectivity index (χ0v) is 49.7. The minimum atomic E-state index is -2.15. The average Bonchev–Trinajstić information content (AvgIpc) is 3.68. The van der Waals surface area contributed by atoms with Gasteiger partial charge < -0.3 is 59.9 Å². The SMILES string of the molecule is C=CCN(C(=O)[C@@H](NC(=O)[C@H](NC(=O)CCC(C)[I-]C)N[C@@H](C=O)CCC(=O)O)N[C@@H](C)C=O)[C@H](N[C@@H](C)C=O)C(=O)N[C@@H](N[C@@H](C)C=O)C(=O)N[C@H](N[C@@H](C)C=O)C(=O)N[C@@H](N[C@@H](C=O)CCC(=O)O)C(=O)N[C@H](N[C@@H](C)C=O)C(=O)OC. The second-order valence-corrected chi connectivity index (χ2v) is 22.0. The van der Waals surface area contributed by atoms with Crippen molar-refractivity contribution in [3.63, 3.8) is 0 Å². The van der Waals surface area contributed by atoms with Crippen molar-refractivity contribution in [1.82, 2.24) is 74.0 Å². The summed E-state index contributed by atoms with van der Waals surface area (Å²) in [6.45, 7) is 11.1. The summed E-state index contributed by atoms with van der Waals surface area (Å²) in [6.07, 6.45) is -12.8. The summed E-state index contributed by atoms with van der Waals surface area (Å²) in [4.78, 5) is 221. The Morgan fingerprint density at radius 1 is 0.464 bits per heavy atom. The van der Waals surface area contributed by atoms with Crippen molar-refractivity contribution in [2.24, 2.45) is 0 Å². The number of carbonyl (C=O) groups is 17. The zero-order valence-electron chi connectivity index (χ0n) is 47.5. The monoisotopic (exact) mass is 1310 g/mol. The topological polar surface area (TPSA) is 500 Å². The van der Waals surface area contributed by atoms with Gasteiger partial charge in [0.05, 0.1) is 37.3 Å². The van der Waals surface area contributed by atoms with Crippen LogP contribution in [-0.2, 0) is 86.2 Å². The van der Waals surface area contributed by atoms with Crippen molar-refractivity contribution in [3.8, 4) is 0 Å². The van der Waals surface area contributed by atoms with Crippen LogP contribution in [0.5, 0.6) is 0 Å². The fourth-order valence-corrected chi connectivity index (χ4v) is 7.72. The van der Waals surface area contributed by atoms with Gasteiger partial charge >= 0.3 is 210 Å². The second-order valence-electron chi connectivity index (χ2n) is 18.6. The molecule has 0 aliphatic heterocycles. The van der Waals surface area contributed by atoms with Crippen molar-refractivity contribution in [1.29, 1.82) is 0 Å². The Morgan fingerprint density at radius 2 is 0.810 bits per heavy atom. The minimum absolute atomic E-state index is 0.0874. The van der Waals surface area contributed by atoms with E-state index in [4.69, 9.17) is 0 Å². The maximum absolute atomic E-state index is 14.8. The van der Waals surface area contributed by atoms with Gasteiger partial charge in [-0.1, -0.05) is 6.08 Å². The molecule has 472 valence electrons. The first kappa shape index (κ1) is 76.6. The van der Waals surface area contributed by atoms with E-state index in [-0.39, 0.29) is 63.1 Å². The summed E-state index contributed by atoms with van der Waals surface area (Å²) >= 11 is -0.282. The van der Waals surface area contributed by atoms with Gasteiger partial charge in [0.25, 0.3) is 23.6 Å². The number of aliphatic carboxylic acids is 2. The second kappa shape index (κ2) is 41.6. The average molecular weight is 1310 g/mol. The number of rotatable bonds is 47. The van der Waals surface area contributed by atoms with Crippen molar-refractivity contribution in [2.75, 3.05) is 18.6 Å². The Morgan fingerprint density at radius 3 is 1.18 bits per heavy atom. The molecule has 0 aliphatic rings. The van der Waals surface area contributed by atoms with E-state index in [0.29, 0.717) is 30.2 Å². The van der Waals surface area contributed by atoms with Crippen LogP contribution in [0.15, 0.2) is 12.7 Å². The predicted octanol–water partition coefficient (Wildman–Crippen LogP) is -11.0. The van der Waals surface area contributed by atoms with Gasteiger partial charge in [-0.15, -0.1) is 6.58 Å². The Balaban J connectivity index is 7.67. The number of nitrogens with one attached hydrogen (secondary N) is 13. The molecule has 15 atom stereocenters. The number of carboxylic acids is 2.